The van der Waals surface area contributed by atoms with Crippen molar-refractivity contribution in [3.8, 4) is 0 Å². The molecule has 1 rings (SSSR count). The first-order valence-electron chi connectivity index (χ1n) is 14.8. The number of carboxylic acid groups (broad SMARTS) is 1. The van der Waals surface area contributed by atoms with Crippen LogP contribution in [0.15, 0.2) is 18.7 Å². The van der Waals surface area contributed by atoms with E-state index in [0.29, 0.717) is 0 Å². The molecule has 34 heavy (non-hydrogen) atoms. The van der Waals surface area contributed by atoms with Gasteiger partial charge in [-0.25, -0.2) is 9.13 Å². The fourth-order valence-corrected chi connectivity index (χ4v) is 4.74. The molecule has 0 aliphatic heterocycles. The number of aromatic nitrogens is 2. The molecule has 1 aromatic heterocycles. The maximum Gasteiger partial charge on any atom is 0.243 e. The van der Waals surface area contributed by atoms with Gasteiger partial charge < -0.3 is 9.90 Å². The van der Waals surface area contributed by atoms with Crippen molar-refractivity contribution in [2.24, 2.45) is 5.92 Å². The zero-order chi connectivity index (χ0) is 25.1. The monoisotopic (exact) mass is 478 g/mol. The molecule has 0 saturated carbocycles. The van der Waals surface area contributed by atoms with Crippen molar-refractivity contribution in [3.63, 3.8) is 0 Å². The molecule has 1 unspecified atom stereocenters. The lowest BCUT2D eigenvalue weighted by atomic mass is 9.99. The van der Waals surface area contributed by atoms with E-state index in [4.69, 9.17) is 9.90 Å². The summed E-state index contributed by atoms with van der Waals surface area (Å²) in [5, 5.41) is 8.25. The molecule has 1 heterocycles. The van der Waals surface area contributed by atoms with Gasteiger partial charge in [0.1, 0.15) is 12.4 Å². The van der Waals surface area contributed by atoms with Gasteiger partial charge in [0.2, 0.25) is 6.33 Å². The molecule has 1 atom stereocenters. The highest BCUT2D eigenvalue weighted by Crippen LogP contribution is 2.14. The van der Waals surface area contributed by atoms with Gasteiger partial charge in [-0.15, -0.1) is 0 Å². The Labute approximate surface area is 212 Å². The SMILES string of the molecule is CCCCCCCCCCCCCCCCCCn1cc[n+](CC(CC)CCCC)c1.O=C[O-]. The van der Waals surface area contributed by atoms with Crippen LogP contribution in [0.2, 0.25) is 0 Å². The summed E-state index contributed by atoms with van der Waals surface area (Å²) in [4.78, 5) is 8.25. The Bertz CT molecular complexity index is 530. The van der Waals surface area contributed by atoms with E-state index < -0.39 is 6.47 Å². The first-order valence-corrected chi connectivity index (χ1v) is 14.8. The van der Waals surface area contributed by atoms with Gasteiger partial charge in [-0.2, -0.15) is 0 Å². The second-order valence-corrected chi connectivity index (χ2v) is 10.2. The lowest BCUT2D eigenvalue weighted by Gasteiger charge is -2.11. The Morgan fingerprint density at radius 1 is 0.735 bits per heavy atom. The summed E-state index contributed by atoms with van der Waals surface area (Å²) < 4.78 is 4.81. The molecule has 0 bridgehead atoms. The van der Waals surface area contributed by atoms with Crippen molar-refractivity contribution in [2.45, 2.75) is 162 Å². The molecular weight excluding hydrogens is 420 g/mol. The van der Waals surface area contributed by atoms with E-state index in [1.165, 1.54) is 142 Å². The summed E-state index contributed by atoms with van der Waals surface area (Å²) in [6.07, 6.45) is 35.3. The lowest BCUT2D eigenvalue weighted by Crippen LogP contribution is -2.35. The first-order chi connectivity index (χ1) is 16.7. The van der Waals surface area contributed by atoms with Crippen LogP contribution in [0.25, 0.3) is 0 Å². The number of rotatable bonds is 23. The van der Waals surface area contributed by atoms with Crippen LogP contribution in [0.4, 0.5) is 0 Å². The minimum Gasteiger partial charge on any atom is -0.554 e. The molecule has 0 N–H and O–H groups in total. The summed E-state index contributed by atoms with van der Waals surface area (Å²) in [5.74, 6) is 0.844. The van der Waals surface area contributed by atoms with Crippen LogP contribution in [0.1, 0.15) is 149 Å². The van der Waals surface area contributed by atoms with Gasteiger partial charge >= 0.3 is 0 Å². The zero-order valence-electron chi connectivity index (χ0n) is 23.2. The zero-order valence-corrected chi connectivity index (χ0v) is 23.2. The Kier molecular flexibility index (Phi) is 25.3. The third-order valence-corrected chi connectivity index (χ3v) is 7.03. The summed E-state index contributed by atoms with van der Waals surface area (Å²) in [6, 6.07) is 0. The quantitative estimate of drug-likeness (QED) is 0.0922. The molecule has 4 heteroatoms. The van der Waals surface area contributed by atoms with E-state index in [-0.39, 0.29) is 0 Å². The minimum absolute atomic E-state index is 0.500. The van der Waals surface area contributed by atoms with Crippen molar-refractivity contribution < 1.29 is 14.5 Å². The fourth-order valence-electron chi connectivity index (χ4n) is 4.74. The maximum absolute atomic E-state index is 8.25. The van der Waals surface area contributed by atoms with Gasteiger partial charge in [0.05, 0.1) is 13.1 Å². The molecule has 0 saturated heterocycles. The van der Waals surface area contributed by atoms with Gasteiger partial charge in [-0.05, 0) is 31.6 Å². The third kappa shape index (κ3) is 21.2. The molecule has 0 aromatic carbocycles. The van der Waals surface area contributed by atoms with E-state index in [2.05, 4.69) is 48.6 Å². The predicted molar refractivity (Wildman–Crippen MR) is 144 cm³/mol. The molecule has 0 amide bonds. The summed E-state index contributed by atoms with van der Waals surface area (Å²) in [6.45, 7) is 8.83. The van der Waals surface area contributed by atoms with E-state index in [1.54, 1.807) is 0 Å². The van der Waals surface area contributed by atoms with Gasteiger partial charge in [0, 0.05) is 6.47 Å². The van der Waals surface area contributed by atoms with Gasteiger partial charge in [-0.1, -0.05) is 124 Å². The van der Waals surface area contributed by atoms with E-state index in [1.807, 2.05) is 0 Å². The number of imidazole rings is 1. The molecule has 1 aromatic rings. The number of aryl methyl sites for hydroxylation is 1. The predicted octanol–water partition coefficient (Wildman–Crippen LogP) is 7.62. The standard InChI is InChI=1S/C29H57N2.CH2O2/c1-4-7-9-10-11-12-13-14-15-16-17-18-19-20-21-22-24-30-25-26-31(28-30)27-29(6-3)23-8-5-2;2-1-3/h25-26,28-29H,4-24,27H2,1-3H3;1H,(H,2,3)/q+1;/p-1. The molecule has 0 radical (unpaired) electrons. The number of nitrogens with zero attached hydrogens (tertiary/aromatic N) is 2. The fraction of sp³-hybridized carbons (Fsp3) is 0.867. The average molecular weight is 479 g/mol. The number of hydrogen-bond donors (Lipinski definition) is 0. The van der Waals surface area contributed by atoms with Crippen LogP contribution in [0.3, 0.4) is 0 Å². The Hall–Kier alpha value is -1.32. The normalized spacial score (nSPS) is 11.7. The molecular formula is C30H58N2O2. The second kappa shape index (κ2) is 26.3. The first kappa shape index (κ1) is 32.7. The number of unbranched alkanes of at least 4 members (excludes halogenated alkanes) is 16. The molecule has 4 nitrogen and oxygen atoms in total. The number of carbonyl (C=O) groups excluding carboxylic acids is 1. The van der Waals surface area contributed by atoms with Crippen LogP contribution in [-0.2, 0) is 17.9 Å². The van der Waals surface area contributed by atoms with Crippen molar-refractivity contribution in [2.75, 3.05) is 0 Å². The highest BCUT2D eigenvalue weighted by atomic mass is 16.3. The van der Waals surface area contributed by atoms with E-state index in [9.17, 15) is 0 Å². The van der Waals surface area contributed by atoms with Crippen LogP contribution in [-0.4, -0.2) is 11.0 Å². The van der Waals surface area contributed by atoms with Crippen LogP contribution in [0.5, 0.6) is 0 Å². The second-order valence-electron chi connectivity index (χ2n) is 10.2. The number of carbonyl (C=O) groups is 1. The van der Waals surface area contributed by atoms with E-state index >= 15 is 0 Å². The third-order valence-electron chi connectivity index (χ3n) is 7.03. The van der Waals surface area contributed by atoms with Crippen LogP contribution >= 0.6 is 0 Å². The van der Waals surface area contributed by atoms with Gasteiger partial charge in [0.25, 0.3) is 0 Å². The van der Waals surface area contributed by atoms with E-state index in [0.717, 1.165) is 5.92 Å². The van der Waals surface area contributed by atoms with Crippen LogP contribution < -0.4 is 9.67 Å². The Morgan fingerprint density at radius 2 is 1.18 bits per heavy atom. The average Bonchev–Trinajstić information content (AvgIpc) is 3.29. The molecule has 200 valence electrons. The van der Waals surface area contributed by atoms with Gasteiger partial charge in [0.15, 0.2) is 0 Å². The maximum atomic E-state index is 8.25. The van der Waals surface area contributed by atoms with Crippen molar-refractivity contribution in [1.29, 1.82) is 0 Å². The van der Waals surface area contributed by atoms with Crippen molar-refractivity contribution in [1.82, 2.24) is 4.57 Å². The lowest BCUT2D eigenvalue weighted by molar-refractivity contribution is -0.703. The largest absolute Gasteiger partial charge is 0.554 e. The van der Waals surface area contributed by atoms with Crippen LogP contribution in [0, 0.1) is 5.92 Å². The molecule has 0 aliphatic rings. The topological polar surface area (TPSA) is 48.9 Å². The highest BCUT2D eigenvalue weighted by molar-refractivity contribution is 5.29. The Morgan fingerprint density at radius 3 is 1.62 bits per heavy atom. The van der Waals surface area contributed by atoms with Gasteiger partial charge in [-0.3, -0.25) is 0 Å². The smallest absolute Gasteiger partial charge is 0.243 e. The minimum atomic E-state index is -0.500. The molecule has 0 fully saturated rings. The Balaban J connectivity index is 0.00000343. The summed E-state index contributed by atoms with van der Waals surface area (Å²) >= 11 is 0. The van der Waals surface area contributed by atoms with Crippen molar-refractivity contribution in [3.05, 3.63) is 18.7 Å². The van der Waals surface area contributed by atoms with Crippen molar-refractivity contribution >= 4 is 6.47 Å². The summed E-state index contributed by atoms with van der Waals surface area (Å²) in [7, 11) is 0. The number of hydrogen-bond acceptors (Lipinski definition) is 2. The highest BCUT2D eigenvalue weighted by Gasteiger charge is 2.11. The molecule has 0 spiro atoms. The summed E-state index contributed by atoms with van der Waals surface area (Å²) in [5.41, 5.74) is 0. The molecule has 0 aliphatic carbocycles.